The zero-order chi connectivity index (χ0) is 16.9. The van der Waals surface area contributed by atoms with Crippen molar-refractivity contribution in [2.24, 2.45) is 5.92 Å². The van der Waals surface area contributed by atoms with Crippen molar-refractivity contribution in [3.05, 3.63) is 11.1 Å². The summed E-state index contributed by atoms with van der Waals surface area (Å²) in [6.45, 7) is 12.6. The average Bonchev–Trinajstić information content (AvgIpc) is 3.21. The molecule has 2 saturated heterocycles. The Morgan fingerprint density at radius 3 is 2.75 bits per heavy atom. The van der Waals surface area contributed by atoms with Crippen molar-refractivity contribution in [1.29, 1.82) is 0 Å². The largest absolute Gasteiger partial charge is 0.396 e. The van der Waals surface area contributed by atoms with Gasteiger partial charge in [0.25, 0.3) is 0 Å². The van der Waals surface area contributed by atoms with Crippen molar-refractivity contribution in [2.45, 2.75) is 45.7 Å². The summed E-state index contributed by atoms with van der Waals surface area (Å²) in [4.78, 5) is 13.5. The van der Waals surface area contributed by atoms with Crippen LogP contribution in [0.3, 0.4) is 0 Å². The second-order valence-corrected chi connectivity index (χ2v) is 8.69. The molecule has 0 amide bonds. The van der Waals surface area contributed by atoms with E-state index < -0.39 is 0 Å². The van der Waals surface area contributed by atoms with Crippen LogP contribution < -0.4 is 4.90 Å². The van der Waals surface area contributed by atoms with Crippen LogP contribution in [0.2, 0.25) is 0 Å². The third-order valence-electron chi connectivity index (χ3n) is 5.05. The first-order valence-corrected chi connectivity index (χ1v) is 10.2. The molecule has 0 saturated carbocycles. The van der Waals surface area contributed by atoms with Gasteiger partial charge in [0.2, 0.25) is 0 Å². The zero-order valence-electron chi connectivity index (χ0n) is 15.2. The van der Waals surface area contributed by atoms with Gasteiger partial charge in [-0.3, -0.25) is 9.80 Å². The molecule has 3 heterocycles. The highest BCUT2D eigenvalue weighted by atomic mass is 32.1. The predicted molar refractivity (Wildman–Crippen MR) is 101 cm³/mol. The molecule has 136 valence electrons. The Balaban J connectivity index is 1.55. The molecular formula is C18H32N4OS. The molecule has 3 rings (SSSR count). The van der Waals surface area contributed by atoms with E-state index in [2.05, 4.69) is 39.7 Å². The summed E-state index contributed by atoms with van der Waals surface area (Å²) >= 11 is 1.86. The summed E-state index contributed by atoms with van der Waals surface area (Å²) in [7, 11) is 0. The minimum Gasteiger partial charge on any atom is -0.396 e. The van der Waals surface area contributed by atoms with Crippen LogP contribution >= 0.6 is 11.3 Å². The third kappa shape index (κ3) is 4.69. The normalized spacial score (nSPS) is 23.5. The van der Waals surface area contributed by atoms with E-state index in [0.717, 1.165) is 39.1 Å². The summed E-state index contributed by atoms with van der Waals surface area (Å²) in [5.74, 6) is 0.683. The average molecular weight is 353 g/mol. The first-order valence-electron chi connectivity index (χ1n) is 9.42. The fourth-order valence-corrected chi connectivity index (χ4v) is 4.88. The number of hydrogen-bond acceptors (Lipinski definition) is 6. The molecule has 1 unspecified atom stereocenters. The fourth-order valence-electron chi connectivity index (χ4n) is 3.88. The number of anilines is 1. The smallest absolute Gasteiger partial charge is 0.185 e. The van der Waals surface area contributed by atoms with E-state index in [9.17, 15) is 5.11 Å². The van der Waals surface area contributed by atoms with E-state index in [1.54, 1.807) is 0 Å². The van der Waals surface area contributed by atoms with Crippen molar-refractivity contribution in [3.63, 3.8) is 0 Å². The number of aliphatic hydroxyl groups is 1. The molecular weight excluding hydrogens is 320 g/mol. The van der Waals surface area contributed by atoms with E-state index in [0.29, 0.717) is 12.0 Å². The summed E-state index contributed by atoms with van der Waals surface area (Å²) in [6.07, 6.45) is 5.55. The molecule has 24 heavy (non-hydrogen) atoms. The first kappa shape index (κ1) is 18.1. The Kier molecular flexibility index (Phi) is 6.49. The lowest BCUT2D eigenvalue weighted by molar-refractivity contribution is 0.0481. The summed E-state index contributed by atoms with van der Waals surface area (Å²) in [5, 5.41) is 10.6. The van der Waals surface area contributed by atoms with Crippen molar-refractivity contribution >= 4 is 16.5 Å². The van der Waals surface area contributed by atoms with Crippen molar-refractivity contribution in [1.82, 2.24) is 14.8 Å². The standard InChI is InChI=1S/C18H32N4OS/c1-15(2)12-22-9-8-20(13-16(22)5-10-23)14-17-11-19-18(24-17)21-6-3-4-7-21/h11,15-16,23H,3-10,12-14H2,1-2H3. The maximum absolute atomic E-state index is 9.41. The quantitative estimate of drug-likeness (QED) is 0.815. The van der Waals surface area contributed by atoms with E-state index in [4.69, 9.17) is 0 Å². The number of piperazine rings is 1. The zero-order valence-corrected chi connectivity index (χ0v) is 16.0. The van der Waals surface area contributed by atoms with Gasteiger partial charge < -0.3 is 10.0 Å². The third-order valence-corrected chi connectivity index (χ3v) is 6.09. The Labute approximate surface area is 150 Å². The van der Waals surface area contributed by atoms with Crippen molar-refractivity contribution < 1.29 is 5.11 Å². The first-order chi connectivity index (χ1) is 11.7. The monoisotopic (exact) mass is 352 g/mol. The van der Waals surface area contributed by atoms with Gasteiger partial charge in [0.1, 0.15) is 0 Å². The van der Waals surface area contributed by atoms with E-state index in [1.165, 1.54) is 35.9 Å². The molecule has 6 heteroatoms. The van der Waals surface area contributed by atoms with Crippen LogP contribution in [0.15, 0.2) is 6.20 Å². The summed E-state index contributed by atoms with van der Waals surface area (Å²) in [6, 6.07) is 0.483. The van der Waals surface area contributed by atoms with E-state index >= 15 is 0 Å². The number of rotatable bonds is 7. The van der Waals surface area contributed by atoms with Crippen LogP contribution in [-0.4, -0.2) is 71.8 Å². The van der Waals surface area contributed by atoms with Crippen LogP contribution in [0.4, 0.5) is 5.13 Å². The highest BCUT2D eigenvalue weighted by Gasteiger charge is 2.27. The number of hydrogen-bond donors (Lipinski definition) is 1. The minimum absolute atomic E-state index is 0.284. The molecule has 2 aliphatic rings. The molecule has 2 aliphatic heterocycles. The van der Waals surface area contributed by atoms with Gasteiger partial charge in [-0.25, -0.2) is 4.98 Å². The Hall–Kier alpha value is -0.690. The van der Waals surface area contributed by atoms with Crippen LogP contribution in [0.5, 0.6) is 0 Å². The second-order valence-electron chi connectivity index (χ2n) is 7.59. The Morgan fingerprint density at radius 2 is 2.04 bits per heavy atom. The van der Waals surface area contributed by atoms with Gasteiger partial charge in [-0.15, -0.1) is 11.3 Å². The summed E-state index contributed by atoms with van der Waals surface area (Å²) < 4.78 is 0. The maximum Gasteiger partial charge on any atom is 0.185 e. The van der Waals surface area contributed by atoms with Gasteiger partial charge in [-0.1, -0.05) is 13.8 Å². The predicted octanol–water partition coefficient (Wildman–Crippen LogP) is 2.27. The van der Waals surface area contributed by atoms with Crippen molar-refractivity contribution in [3.8, 4) is 0 Å². The molecule has 2 fully saturated rings. The molecule has 1 N–H and O–H groups in total. The van der Waals surface area contributed by atoms with Gasteiger partial charge in [-0.2, -0.15) is 0 Å². The second kappa shape index (κ2) is 8.61. The minimum atomic E-state index is 0.284. The number of nitrogens with zero attached hydrogens (tertiary/aromatic N) is 4. The van der Waals surface area contributed by atoms with Crippen molar-refractivity contribution in [2.75, 3.05) is 50.8 Å². The number of thiazole rings is 1. The van der Waals surface area contributed by atoms with E-state index in [1.807, 2.05) is 11.3 Å². The van der Waals surface area contributed by atoms with Gasteiger partial charge in [0.05, 0.1) is 0 Å². The molecule has 0 radical (unpaired) electrons. The lowest BCUT2D eigenvalue weighted by Crippen LogP contribution is -2.53. The number of aromatic nitrogens is 1. The molecule has 1 atom stereocenters. The Bertz CT molecular complexity index is 501. The van der Waals surface area contributed by atoms with Crippen LogP contribution in [0.1, 0.15) is 38.0 Å². The highest BCUT2D eigenvalue weighted by molar-refractivity contribution is 7.15. The molecule has 0 aliphatic carbocycles. The fraction of sp³-hybridized carbons (Fsp3) is 0.833. The molecule has 0 bridgehead atoms. The van der Waals surface area contributed by atoms with Crippen LogP contribution in [0, 0.1) is 5.92 Å². The molecule has 1 aromatic heterocycles. The summed E-state index contributed by atoms with van der Waals surface area (Å²) in [5.41, 5.74) is 0. The Morgan fingerprint density at radius 1 is 1.25 bits per heavy atom. The molecule has 0 spiro atoms. The SMILES string of the molecule is CC(C)CN1CCN(Cc2cnc(N3CCCC3)s2)CC1CCO. The molecule has 0 aromatic carbocycles. The lowest BCUT2D eigenvalue weighted by Gasteiger charge is -2.42. The van der Waals surface area contributed by atoms with Gasteiger partial charge in [0, 0.05) is 69.5 Å². The van der Waals surface area contributed by atoms with Crippen LogP contribution in [-0.2, 0) is 6.54 Å². The van der Waals surface area contributed by atoms with Crippen LogP contribution in [0.25, 0.3) is 0 Å². The van der Waals surface area contributed by atoms with Gasteiger partial charge in [0.15, 0.2) is 5.13 Å². The van der Waals surface area contributed by atoms with Gasteiger partial charge >= 0.3 is 0 Å². The van der Waals surface area contributed by atoms with E-state index in [-0.39, 0.29) is 6.61 Å². The topological polar surface area (TPSA) is 42.8 Å². The number of aliphatic hydroxyl groups excluding tert-OH is 1. The lowest BCUT2D eigenvalue weighted by atomic mass is 10.1. The molecule has 1 aromatic rings. The molecule has 5 nitrogen and oxygen atoms in total. The maximum atomic E-state index is 9.41. The van der Waals surface area contributed by atoms with Gasteiger partial charge in [-0.05, 0) is 25.2 Å². The highest BCUT2D eigenvalue weighted by Crippen LogP contribution is 2.27.